The fourth-order valence-corrected chi connectivity index (χ4v) is 2.48. The summed E-state index contributed by atoms with van der Waals surface area (Å²) in [5.74, 6) is -0.0302. The highest BCUT2D eigenvalue weighted by Gasteiger charge is 2.10. The standard InChI is InChI=1S/C22H21N3O3/c26-21(24-15-19-8-4-5-13-23-19)14-22(27)25-18-9-11-20(12-10-18)28-16-17-6-2-1-3-7-17/h1-13H,14-16H2,(H,24,26)(H,25,27). The van der Waals surface area contributed by atoms with Crippen molar-refractivity contribution in [2.24, 2.45) is 0 Å². The minimum atomic E-state index is -0.378. The van der Waals surface area contributed by atoms with Crippen molar-refractivity contribution in [3.63, 3.8) is 0 Å². The van der Waals surface area contributed by atoms with Crippen molar-refractivity contribution in [2.45, 2.75) is 19.6 Å². The second-order valence-corrected chi connectivity index (χ2v) is 6.12. The second-order valence-electron chi connectivity index (χ2n) is 6.12. The Hall–Kier alpha value is -3.67. The van der Waals surface area contributed by atoms with Crippen LogP contribution in [0.4, 0.5) is 5.69 Å². The molecule has 0 aliphatic heterocycles. The predicted octanol–water partition coefficient (Wildman–Crippen LogP) is 3.31. The molecule has 2 amide bonds. The number of aromatic nitrogens is 1. The van der Waals surface area contributed by atoms with Crippen molar-refractivity contribution in [3.05, 3.63) is 90.3 Å². The zero-order valence-electron chi connectivity index (χ0n) is 15.3. The highest BCUT2D eigenvalue weighted by atomic mass is 16.5. The number of anilines is 1. The highest BCUT2D eigenvalue weighted by molar-refractivity contribution is 6.03. The molecule has 0 aliphatic rings. The van der Waals surface area contributed by atoms with Gasteiger partial charge < -0.3 is 15.4 Å². The van der Waals surface area contributed by atoms with Gasteiger partial charge in [0.15, 0.2) is 0 Å². The lowest BCUT2D eigenvalue weighted by atomic mass is 10.2. The molecule has 0 unspecified atom stereocenters. The molecule has 142 valence electrons. The SMILES string of the molecule is O=C(CC(=O)Nc1ccc(OCc2ccccc2)cc1)NCc1ccccn1. The molecular formula is C22H21N3O3. The molecule has 2 N–H and O–H groups in total. The fourth-order valence-electron chi connectivity index (χ4n) is 2.48. The smallest absolute Gasteiger partial charge is 0.233 e. The van der Waals surface area contributed by atoms with E-state index in [0.29, 0.717) is 24.6 Å². The number of nitrogens with one attached hydrogen (secondary N) is 2. The van der Waals surface area contributed by atoms with Gasteiger partial charge in [0.25, 0.3) is 0 Å². The van der Waals surface area contributed by atoms with Gasteiger partial charge in [0.2, 0.25) is 11.8 Å². The monoisotopic (exact) mass is 375 g/mol. The molecule has 6 nitrogen and oxygen atoms in total. The Morgan fingerprint density at radius 2 is 1.61 bits per heavy atom. The van der Waals surface area contributed by atoms with Crippen LogP contribution in [0.3, 0.4) is 0 Å². The van der Waals surface area contributed by atoms with E-state index in [9.17, 15) is 9.59 Å². The minimum Gasteiger partial charge on any atom is -0.489 e. The van der Waals surface area contributed by atoms with E-state index in [4.69, 9.17) is 4.74 Å². The molecule has 2 aromatic carbocycles. The lowest BCUT2D eigenvalue weighted by Crippen LogP contribution is -2.28. The van der Waals surface area contributed by atoms with Gasteiger partial charge in [-0.25, -0.2) is 0 Å². The number of ether oxygens (including phenoxy) is 1. The average molecular weight is 375 g/mol. The Bertz CT molecular complexity index is 897. The quantitative estimate of drug-likeness (QED) is 0.592. The number of rotatable bonds is 8. The second kappa shape index (κ2) is 9.87. The van der Waals surface area contributed by atoms with Crippen LogP contribution in [0, 0.1) is 0 Å². The van der Waals surface area contributed by atoms with Gasteiger partial charge in [0, 0.05) is 11.9 Å². The number of benzene rings is 2. The molecule has 0 fully saturated rings. The van der Waals surface area contributed by atoms with E-state index in [2.05, 4.69) is 15.6 Å². The lowest BCUT2D eigenvalue weighted by molar-refractivity contribution is -0.126. The number of carbonyl (C=O) groups excluding carboxylic acids is 2. The number of pyridine rings is 1. The van der Waals surface area contributed by atoms with E-state index in [-0.39, 0.29) is 18.2 Å². The van der Waals surface area contributed by atoms with Crippen LogP contribution in [0.5, 0.6) is 5.75 Å². The lowest BCUT2D eigenvalue weighted by Gasteiger charge is -2.09. The maximum absolute atomic E-state index is 12.0. The molecule has 1 heterocycles. The molecule has 3 aromatic rings. The maximum Gasteiger partial charge on any atom is 0.233 e. The van der Waals surface area contributed by atoms with Crippen molar-refractivity contribution in [2.75, 3.05) is 5.32 Å². The minimum absolute atomic E-state index is 0.251. The van der Waals surface area contributed by atoms with Gasteiger partial charge >= 0.3 is 0 Å². The zero-order valence-corrected chi connectivity index (χ0v) is 15.3. The molecule has 0 saturated carbocycles. The van der Waals surface area contributed by atoms with E-state index < -0.39 is 0 Å². The number of carbonyl (C=O) groups is 2. The van der Waals surface area contributed by atoms with Crippen molar-refractivity contribution >= 4 is 17.5 Å². The van der Waals surface area contributed by atoms with Crippen LogP contribution in [-0.4, -0.2) is 16.8 Å². The van der Waals surface area contributed by atoms with Crippen LogP contribution in [0.2, 0.25) is 0 Å². The molecule has 3 rings (SSSR count). The Labute approximate surface area is 163 Å². The van der Waals surface area contributed by atoms with Gasteiger partial charge in [-0.1, -0.05) is 36.4 Å². The van der Waals surface area contributed by atoms with Crippen LogP contribution >= 0.6 is 0 Å². The van der Waals surface area contributed by atoms with Gasteiger partial charge in [-0.3, -0.25) is 14.6 Å². The van der Waals surface area contributed by atoms with Gasteiger partial charge in [0.1, 0.15) is 18.8 Å². The number of hydrogen-bond donors (Lipinski definition) is 2. The summed E-state index contributed by atoms with van der Waals surface area (Å²) in [5.41, 5.74) is 2.42. The van der Waals surface area contributed by atoms with Crippen LogP contribution in [0.15, 0.2) is 79.0 Å². The number of nitrogens with zero attached hydrogens (tertiary/aromatic N) is 1. The number of hydrogen-bond acceptors (Lipinski definition) is 4. The summed E-state index contributed by atoms with van der Waals surface area (Å²) in [5, 5.41) is 5.38. The normalized spacial score (nSPS) is 10.1. The predicted molar refractivity (Wildman–Crippen MR) is 107 cm³/mol. The third-order valence-corrected chi connectivity index (χ3v) is 3.90. The summed E-state index contributed by atoms with van der Waals surface area (Å²) in [6.45, 7) is 0.767. The molecule has 1 aromatic heterocycles. The third-order valence-electron chi connectivity index (χ3n) is 3.90. The first kappa shape index (κ1) is 19.1. The average Bonchev–Trinajstić information content (AvgIpc) is 2.73. The van der Waals surface area contributed by atoms with Crippen molar-refractivity contribution < 1.29 is 14.3 Å². The van der Waals surface area contributed by atoms with E-state index in [1.807, 2.05) is 42.5 Å². The summed E-state index contributed by atoms with van der Waals surface area (Å²) < 4.78 is 5.71. The largest absolute Gasteiger partial charge is 0.489 e. The van der Waals surface area contributed by atoms with Gasteiger partial charge in [-0.15, -0.1) is 0 Å². The molecular weight excluding hydrogens is 354 g/mol. The number of amides is 2. The van der Waals surface area contributed by atoms with Gasteiger partial charge in [-0.2, -0.15) is 0 Å². The van der Waals surface area contributed by atoms with Crippen LogP contribution in [0.25, 0.3) is 0 Å². The molecule has 0 saturated heterocycles. The molecule has 0 radical (unpaired) electrons. The van der Waals surface area contributed by atoms with E-state index in [1.165, 1.54) is 0 Å². The van der Waals surface area contributed by atoms with Crippen molar-refractivity contribution in [3.8, 4) is 5.75 Å². The van der Waals surface area contributed by atoms with Crippen LogP contribution in [-0.2, 0) is 22.7 Å². The molecule has 6 heteroatoms. The molecule has 28 heavy (non-hydrogen) atoms. The van der Waals surface area contributed by atoms with Crippen LogP contribution < -0.4 is 15.4 Å². The molecule has 0 atom stereocenters. The third kappa shape index (κ3) is 6.25. The first-order chi connectivity index (χ1) is 13.7. The van der Waals surface area contributed by atoms with E-state index in [1.54, 1.807) is 36.5 Å². The first-order valence-electron chi connectivity index (χ1n) is 8.92. The molecule has 0 aliphatic carbocycles. The summed E-state index contributed by atoms with van der Waals surface area (Å²) in [7, 11) is 0. The Morgan fingerprint density at radius 3 is 2.32 bits per heavy atom. The Morgan fingerprint density at radius 1 is 0.857 bits per heavy atom. The Balaban J connectivity index is 1.41. The van der Waals surface area contributed by atoms with Crippen molar-refractivity contribution in [1.82, 2.24) is 10.3 Å². The highest BCUT2D eigenvalue weighted by Crippen LogP contribution is 2.17. The summed E-state index contributed by atoms with van der Waals surface area (Å²) in [6.07, 6.45) is 1.40. The molecule has 0 bridgehead atoms. The summed E-state index contributed by atoms with van der Waals surface area (Å²) >= 11 is 0. The summed E-state index contributed by atoms with van der Waals surface area (Å²) in [6, 6.07) is 22.4. The van der Waals surface area contributed by atoms with Gasteiger partial charge in [0.05, 0.1) is 12.2 Å². The van der Waals surface area contributed by atoms with E-state index in [0.717, 1.165) is 11.3 Å². The fraction of sp³-hybridized carbons (Fsp3) is 0.136. The Kier molecular flexibility index (Phi) is 6.73. The zero-order chi connectivity index (χ0) is 19.6. The maximum atomic E-state index is 12.0. The first-order valence-corrected chi connectivity index (χ1v) is 8.92. The molecule has 0 spiro atoms. The summed E-state index contributed by atoms with van der Waals surface area (Å²) in [4.78, 5) is 28.0. The van der Waals surface area contributed by atoms with E-state index >= 15 is 0 Å². The topological polar surface area (TPSA) is 80.3 Å². The van der Waals surface area contributed by atoms with Gasteiger partial charge in [-0.05, 0) is 42.0 Å². The van der Waals surface area contributed by atoms with Crippen molar-refractivity contribution in [1.29, 1.82) is 0 Å². The van der Waals surface area contributed by atoms with Crippen LogP contribution in [0.1, 0.15) is 17.7 Å².